The van der Waals surface area contributed by atoms with Crippen molar-refractivity contribution in [1.82, 2.24) is 14.6 Å². The SMILES string of the molecule is CC1CN(S(=O)(=O)c2ncccc2[N+](=O)[O-])CCN1. The van der Waals surface area contributed by atoms with E-state index in [4.69, 9.17) is 0 Å². The number of aromatic nitrogens is 1. The second-order valence-corrected chi connectivity index (χ2v) is 6.16. The van der Waals surface area contributed by atoms with Gasteiger partial charge in [-0.15, -0.1) is 0 Å². The van der Waals surface area contributed by atoms with Gasteiger partial charge >= 0.3 is 5.69 Å². The highest BCUT2D eigenvalue weighted by atomic mass is 32.2. The predicted octanol–water partition coefficient (Wildman–Crippen LogP) is -0.0278. The highest BCUT2D eigenvalue weighted by Gasteiger charge is 2.34. The molecule has 1 saturated heterocycles. The Kier molecular flexibility index (Phi) is 3.78. The van der Waals surface area contributed by atoms with Gasteiger partial charge in [-0.25, -0.2) is 13.4 Å². The molecule has 1 N–H and O–H groups in total. The van der Waals surface area contributed by atoms with E-state index in [-0.39, 0.29) is 19.1 Å². The number of rotatable bonds is 3. The van der Waals surface area contributed by atoms with Gasteiger partial charge in [0.05, 0.1) is 4.92 Å². The number of nitrogens with zero attached hydrogens (tertiary/aromatic N) is 3. The number of hydrogen-bond acceptors (Lipinski definition) is 6. The molecule has 0 radical (unpaired) electrons. The number of nitrogens with one attached hydrogen (secondary N) is 1. The third-order valence-corrected chi connectivity index (χ3v) is 4.68. The molecule has 9 heteroatoms. The van der Waals surface area contributed by atoms with E-state index in [1.54, 1.807) is 0 Å². The molecule has 1 aliphatic rings. The standard InChI is InChI=1S/C10H14N4O4S/c1-8-7-13(6-5-11-8)19(17,18)10-9(14(15)16)3-2-4-12-10/h2-4,8,11H,5-7H2,1H3. The maximum Gasteiger partial charge on any atom is 0.308 e. The maximum absolute atomic E-state index is 12.4. The molecule has 1 aromatic rings. The second kappa shape index (κ2) is 5.19. The van der Waals surface area contributed by atoms with Crippen LogP contribution in [0.3, 0.4) is 0 Å². The fourth-order valence-corrected chi connectivity index (χ4v) is 3.55. The Morgan fingerprint density at radius 3 is 2.95 bits per heavy atom. The van der Waals surface area contributed by atoms with Gasteiger partial charge in [0.1, 0.15) is 0 Å². The Hall–Kier alpha value is -1.58. The summed E-state index contributed by atoms with van der Waals surface area (Å²) in [6.07, 6.45) is 1.24. The van der Waals surface area contributed by atoms with Crippen molar-refractivity contribution in [2.45, 2.75) is 18.0 Å². The van der Waals surface area contributed by atoms with Crippen LogP contribution < -0.4 is 5.32 Å². The second-order valence-electron chi connectivity index (χ2n) is 4.30. The first-order valence-electron chi connectivity index (χ1n) is 5.76. The molecule has 8 nitrogen and oxygen atoms in total. The average molecular weight is 286 g/mol. The summed E-state index contributed by atoms with van der Waals surface area (Å²) in [4.78, 5) is 13.8. The summed E-state index contributed by atoms with van der Waals surface area (Å²) in [5.41, 5.74) is -0.492. The zero-order chi connectivity index (χ0) is 14.0. The largest absolute Gasteiger partial charge is 0.312 e. The van der Waals surface area contributed by atoms with Crippen molar-refractivity contribution in [3.05, 3.63) is 28.4 Å². The molecule has 0 aliphatic carbocycles. The molecule has 1 fully saturated rings. The van der Waals surface area contributed by atoms with E-state index in [2.05, 4.69) is 10.3 Å². The van der Waals surface area contributed by atoms with Gasteiger partial charge in [-0.3, -0.25) is 10.1 Å². The summed E-state index contributed by atoms with van der Waals surface area (Å²) in [5, 5.41) is 13.5. The third-order valence-electron chi connectivity index (χ3n) is 2.86. The Balaban J connectivity index is 2.42. The van der Waals surface area contributed by atoms with Crippen LogP contribution in [-0.4, -0.2) is 48.3 Å². The Morgan fingerprint density at radius 2 is 2.32 bits per heavy atom. The van der Waals surface area contributed by atoms with Crippen molar-refractivity contribution in [1.29, 1.82) is 0 Å². The number of piperazine rings is 1. The summed E-state index contributed by atoms with van der Waals surface area (Å²) >= 11 is 0. The van der Waals surface area contributed by atoms with Gasteiger partial charge < -0.3 is 5.32 Å². The normalized spacial score (nSPS) is 21.2. The van der Waals surface area contributed by atoms with Crippen LogP contribution in [0.1, 0.15) is 6.92 Å². The highest BCUT2D eigenvalue weighted by Crippen LogP contribution is 2.24. The average Bonchev–Trinajstić information content (AvgIpc) is 2.38. The lowest BCUT2D eigenvalue weighted by Gasteiger charge is -2.30. The quantitative estimate of drug-likeness (QED) is 0.618. The third kappa shape index (κ3) is 2.72. The molecular weight excluding hydrogens is 272 g/mol. The Morgan fingerprint density at radius 1 is 1.58 bits per heavy atom. The van der Waals surface area contributed by atoms with Crippen LogP contribution in [0.2, 0.25) is 0 Å². The smallest absolute Gasteiger partial charge is 0.308 e. The number of pyridine rings is 1. The lowest BCUT2D eigenvalue weighted by atomic mass is 10.3. The molecule has 104 valence electrons. The van der Waals surface area contributed by atoms with E-state index < -0.39 is 25.7 Å². The van der Waals surface area contributed by atoms with Gasteiger partial charge in [-0.05, 0) is 13.0 Å². The van der Waals surface area contributed by atoms with Gasteiger partial charge in [0.2, 0.25) is 5.03 Å². The summed E-state index contributed by atoms with van der Waals surface area (Å²) in [6.45, 7) is 2.92. The van der Waals surface area contributed by atoms with E-state index in [1.165, 1.54) is 16.6 Å². The van der Waals surface area contributed by atoms with E-state index >= 15 is 0 Å². The van der Waals surface area contributed by atoms with Crippen LogP contribution in [0.4, 0.5) is 5.69 Å². The number of sulfonamides is 1. The molecule has 0 spiro atoms. The monoisotopic (exact) mass is 286 g/mol. The molecule has 0 saturated carbocycles. The first kappa shape index (κ1) is 13.8. The summed E-state index contributed by atoms with van der Waals surface area (Å²) in [5.74, 6) is 0. The highest BCUT2D eigenvalue weighted by molar-refractivity contribution is 7.89. The van der Waals surface area contributed by atoms with E-state index in [1.807, 2.05) is 6.92 Å². The predicted molar refractivity (Wildman–Crippen MR) is 67.1 cm³/mol. The van der Waals surface area contributed by atoms with Gasteiger partial charge in [0.25, 0.3) is 10.0 Å². The molecule has 1 aromatic heterocycles. The Labute approximate surface area is 110 Å². The minimum atomic E-state index is -3.93. The first-order chi connectivity index (χ1) is 8.93. The molecule has 0 amide bonds. The van der Waals surface area contributed by atoms with Crippen LogP contribution >= 0.6 is 0 Å². The summed E-state index contributed by atoms with van der Waals surface area (Å²) in [6, 6.07) is 2.49. The minimum Gasteiger partial charge on any atom is -0.312 e. The van der Waals surface area contributed by atoms with Gasteiger partial charge in [0.15, 0.2) is 0 Å². The fraction of sp³-hybridized carbons (Fsp3) is 0.500. The first-order valence-corrected chi connectivity index (χ1v) is 7.20. The maximum atomic E-state index is 12.4. The molecular formula is C10H14N4O4S. The molecule has 0 aromatic carbocycles. The number of nitro groups is 1. The van der Waals surface area contributed by atoms with Crippen LogP contribution in [-0.2, 0) is 10.0 Å². The fourth-order valence-electron chi connectivity index (χ4n) is 1.96. The lowest BCUT2D eigenvalue weighted by molar-refractivity contribution is -0.388. The molecule has 2 heterocycles. The molecule has 1 aliphatic heterocycles. The van der Waals surface area contributed by atoms with Crippen molar-refractivity contribution in [2.24, 2.45) is 0 Å². The molecule has 19 heavy (non-hydrogen) atoms. The van der Waals surface area contributed by atoms with Crippen molar-refractivity contribution < 1.29 is 13.3 Å². The molecule has 1 atom stereocenters. The molecule has 0 bridgehead atoms. The van der Waals surface area contributed by atoms with Crippen molar-refractivity contribution in [3.63, 3.8) is 0 Å². The Bertz CT molecular complexity index is 589. The van der Waals surface area contributed by atoms with Crippen molar-refractivity contribution in [2.75, 3.05) is 19.6 Å². The zero-order valence-electron chi connectivity index (χ0n) is 10.3. The van der Waals surface area contributed by atoms with Gasteiger partial charge in [-0.2, -0.15) is 4.31 Å². The van der Waals surface area contributed by atoms with E-state index in [0.717, 1.165) is 6.07 Å². The van der Waals surface area contributed by atoms with E-state index in [9.17, 15) is 18.5 Å². The zero-order valence-corrected chi connectivity index (χ0v) is 11.1. The van der Waals surface area contributed by atoms with Crippen LogP contribution in [0, 0.1) is 10.1 Å². The van der Waals surface area contributed by atoms with Gasteiger partial charge in [-0.1, -0.05) is 0 Å². The van der Waals surface area contributed by atoms with Crippen LogP contribution in [0.25, 0.3) is 0 Å². The van der Waals surface area contributed by atoms with Gasteiger partial charge in [0, 0.05) is 37.9 Å². The van der Waals surface area contributed by atoms with Crippen molar-refractivity contribution >= 4 is 15.7 Å². The topological polar surface area (TPSA) is 105 Å². The summed E-state index contributed by atoms with van der Waals surface area (Å²) < 4.78 is 26.0. The van der Waals surface area contributed by atoms with Crippen LogP contribution in [0.5, 0.6) is 0 Å². The van der Waals surface area contributed by atoms with Crippen LogP contribution in [0.15, 0.2) is 23.4 Å². The summed E-state index contributed by atoms with van der Waals surface area (Å²) in [7, 11) is -3.93. The minimum absolute atomic E-state index is 0.00583. The molecule has 2 rings (SSSR count). The van der Waals surface area contributed by atoms with E-state index in [0.29, 0.717) is 6.54 Å². The molecule has 1 unspecified atom stereocenters. The lowest BCUT2D eigenvalue weighted by Crippen LogP contribution is -2.51. The van der Waals surface area contributed by atoms with Crippen molar-refractivity contribution in [3.8, 4) is 0 Å². The number of hydrogen-bond donors (Lipinski definition) is 1.